The molecule has 2 N–H and O–H groups in total. The molecule has 0 bridgehead atoms. The summed E-state index contributed by atoms with van der Waals surface area (Å²) in [5.41, 5.74) is 0.354. The Hall–Kier alpha value is -1.76. The lowest BCUT2D eigenvalue weighted by atomic mass is 10.1. The highest BCUT2D eigenvalue weighted by Gasteiger charge is 2.17. The first-order chi connectivity index (χ1) is 9.40. The molecule has 1 unspecified atom stereocenters. The Balaban J connectivity index is 2.89. The van der Waals surface area contributed by atoms with Gasteiger partial charge in [-0.3, -0.25) is 9.59 Å². The zero-order chi connectivity index (χ0) is 15.3. The van der Waals surface area contributed by atoms with Crippen LogP contribution in [0.1, 0.15) is 17.3 Å². The predicted octanol–water partition coefficient (Wildman–Crippen LogP) is 1.92. The van der Waals surface area contributed by atoms with E-state index >= 15 is 0 Å². The van der Waals surface area contributed by atoms with Gasteiger partial charge in [0.15, 0.2) is 11.5 Å². The fraction of sp³-hybridized carbons (Fsp3) is 0.385. The van der Waals surface area contributed by atoms with Gasteiger partial charge in [0.25, 0.3) is 5.91 Å². The van der Waals surface area contributed by atoms with Crippen molar-refractivity contribution >= 4 is 27.8 Å². The van der Waals surface area contributed by atoms with E-state index in [4.69, 9.17) is 14.6 Å². The van der Waals surface area contributed by atoms with E-state index in [1.807, 2.05) is 0 Å². The lowest BCUT2D eigenvalue weighted by Gasteiger charge is -2.13. The van der Waals surface area contributed by atoms with Gasteiger partial charge in [0, 0.05) is 12.1 Å². The monoisotopic (exact) mass is 345 g/mol. The van der Waals surface area contributed by atoms with Crippen LogP contribution in [-0.2, 0) is 4.79 Å². The molecule has 0 aromatic heterocycles. The first kappa shape index (κ1) is 16.3. The van der Waals surface area contributed by atoms with E-state index in [1.54, 1.807) is 6.07 Å². The van der Waals surface area contributed by atoms with Crippen LogP contribution in [0.25, 0.3) is 0 Å². The molecule has 110 valence electrons. The molecule has 0 radical (unpaired) electrons. The summed E-state index contributed by atoms with van der Waals surface area (Å²) in [7, 11) is 2.97. The molecule has 7 heteroatoms. The van der Waals surface area contributed by atoms with Gasteiger partial charge in [-0.05, 0) is 28.1 Å². The van der Waals surface area contributed by atoms with E-state index in [0.29, 0.717) is 21.5 Å². The van der Waals surface area contributed by atoms with Crippen LogP contribution in [0.5, 0.6) is 11.5 Å². The number of benzene rings is 1. The number of hydrogen-bond donors (Lipinski definition) is 2. The second-order valence-corrected chi connectivity index (χ2v) is 5.00. The summed E-state index contributed by atoms with van der Waals surface area (Å²) in [6.45, 7) is 1.58. The maximum absolute atomic E-state index is 12.0. The van der Waals surface area contributed by atoms with Gasteiger partial charge in [0.05, 0.1) is 24.6 Å². The number of carboxylic acids is 1. The Kier molecular flexibility index (Phi) is 5.82. The van der Waals surface area contributed by atoms with Crippen LogP contribution in [-0.4, -0.2) is 37.7 Å². The Morgan fingerprint density at radius 2 is 2.00 bits per heavy atom. The van der Waals surface area contributed by atoms with Crippen LogP contribution in [0, 0.1) is 5.92 Å². The first-order valence-electron chi connectivity index (χ1n) is 5.83. The van der Waals surface area contributed by atoms with Gasteiger partial charge < -0.3 is 19.9 Å². The van der Waals surface area contributed by atoms with Crippen molar-refractivity contribution in [2.75, 3.05) is 20.8 Å². The second kappa shape index (κ2) is 7.14. The highest BCUT2D eigenvalue weighted by atomic mass is 79.9. The molecule has 6 nitrogen and oxygen atoms in total. The van der Waals surface area contributed by atoms with Gasteiger partial charge in [-0.25, -0.2) is 0 Å². The molecule has 1 amide bonds. The largest absolute Gasteiger partial charge is 0.493 e. The number of amides is 1. The number of hydrogen-bond acceptors (Lipinski definition) is 4. The summed E-state index contributed by atoms with van der Waals surface area (Å²) in [4.78, 5) is 22.7. The average Bonchev–Trinajstić information content (AvgIpc) is 2.42. The molecule has 1 atom stereocenters. The van der Waals surface area contributed by atoms with Crippen molar-refractivity contribution in [2.45, 2.75) is 6.92 Å². The zero-order valence-corrected chi connectivity index (χ0v) is 13.0. The lowest BCUT2D eigenvalue weighted by molar-refractivity contribution is -0.140. The highest BCUT2D eigenvalue weighted by Crippen LogP contribution is 2.36. The standard InChI is InChI=1S/C13H16BrNO5/c1-7(13(17)18)6-15-12(16)8-4-9(14)11(20-3)10(5-8)19-2/h4-5,7H,6H2,1-3H3,(H,15,16)(H,17,18). The molecule has 0 saturated heterocycles. The summed E-state index contributed by atoms with van der Waals surface area (Å²) in [6, 6.07) is 3.12. The fourth-order valence-corrected chi connectivity index (χ4v) is 2.09. The number of carbonyl (C=O) groups is 2. The predicted molar refractivity (Wildman–Crippen MR) is 76.4 cm³/mol. The van der Waals surface area contributed by atoms with Crippen LogP contribution in [0.3, 0.4) is 0 Å². The summed E-state index contributed by atoms with van der Waals surface area (Å²) < 4.78 is 10.9. The SMILES string of the molecule is COc1cc(C(=O)NCC(C)C(=O)O)cc(Br)c1OC. The van der Waals surface area contributed by atoms with Crippen LogP contribution in [0.15, 0.2) is 16.6 Å². The molecular formula is C13H16BrNO5. The summed E-state index contributed by atoms with van der Waals surface area (Å²) in [6.07, 6.45) is 0. The smallest absolute Gasteiger partial charge is 0.308 e. The van der Waals surface area contributed by atoms with Crippen molar-refractivity contribution in [3.63, 3.8) is 0 Å². The van der Waals surface area contributed by atoms with Crippen molar-refractivity contribution in [3.8, 4) is 11.5 Å². The second-order valence-electron chi connectivity index (χ2n) is 4.14. The number of carboxylic acid groups (broad SMARTS) is 1. The molecule has 0 fully saturated rings. The van der Waals surface area contributed by atoms with E-state index in [1.165, 1.54) is 27.2 Å². The van der Waals surface area contributed by atoms with E-state index in [9.17, 15) is 9.59 Å². The number of rotatable bonds is 6. The molecule has 1 aromatic rings. The Labute approximate surface area is 125 Å². The number of nitrogens with one attached hydrogen (secondary N) is 1. The maximum atomic E-state index is 12.0. The Morgan fingerprint density at radius 1 is 1.35 bits per heavy atom. The molecule has 0 aliphatic heterocycles. The summed E-state index contributed by atoms with van der Waals surface area (Å²) in [5.74, 6) is -1.08. The third-order valence-electron chi connectivity index (χ3n) is 2.69. The fourth-order valence-electron chi connectivity index (χ4n) is 1.48. The topological polar surface area (TPSA) is 84.9 Å². The van der Waals surface area contributed by atoms with Crippen LogP contribution < -0.4 is 14.8 Å². The highest BCUT2D eigenvalue weighted by molar-refractivity contribution is 9.10. The van der Waals surface area contributed by atoms with E-state index < -0.39 is 11.9 Å². The average molecular weight is 346 g/mol. The van der Waals surface area contributed by atoms with Crippen molar-refractivity contribution < 1.29 is 24.2 Å². The molecule has 0 heterocycles. The van der Waals surface area contributed by atoms with Crippen molar-refractivity contribution in [1.82, 2.24) is 5.32 Å². The minimum atomic E-state index is -0.959. The molecule has 1 aromatic carbocycles. The lowest BCUT2D eigenvalue weighted by Crippen LogP contribution is -2.31. The number of methoxy groups -OCH3 is 2. The molecule has 1 rings (SSSR count). The van der Waals surface area contributed by atoms with Gasteiger partial charge in [0.1, 0.15) is 0 Å². The van der Waals surface area contributed by atoms with Crippen LogP contribution in [0.2, 0.25) is 0 Å². The molecule has 0 aliphatic carbocycles. The van der Waals surface area contributed by atoms with E-state index in [2.05, 4.69) is 21.2 Å². The van der Waals surface area contributed by atoms with Crippen molar-refractivity contribution in [3.05, 3.63) is 22.2 Å². The maximum Gasteiger partial charge on any atom is 0.308 e. The summed E-state index contributed by atoms with van der Waals surface area (Å²) >= 11 is 3.29. The number of aliphatic carboxylic acids is 1. The minimum Gasteiger partial charge on any atom is -0.493 e. The Morgan fingerprint density at radius 3 is 2.50 bits per heavy atom. The van der Waals surface area contributed by atoms with E-state index in [-0.39, 0.29) is 12.5 Å². The van der Waals surface area contributed by atoms with Gasteiger partial charge in [0.2, 0.25) is 0 Å². The Bertz CT molecular complexity index is 518. The van der Waals surface area contributed by atoms with Crippen molar-refractivity contribution in [1.29, 1.82) is 0 Å². The van der Waals surface area contributed by atoms with Gasteiger partial charge in [-0.15, -0.1) is 0 Å². The zero-order valence-electron chi connectivity index (χ0n) is 11.4. The summed E-state index contributed by atoms with van der Waals surface area (Å²) in [5, 5.41) is 11.3. The van der Waals surface area contributed by atoms with Gasteiger partial charge in [-0.2, -0.15) is 0 Å². The van der Waals surface area contributed by atoms with Gasteiger partial charge in [-0.1, -0.05) is 6.92 Å². The number of halogens is 1. The van der Waals surface area contributed by atoms with Crippen LogP contribution >= 0.6 is 15.9 Å². The molecule has 0 aliphatic rings. The van der Waals surface area contributed by atoms with E-state index in [0.717, 1.165) is 0 Å². The van der Waals surface area contributed by atoms with Crippen molar-refractivity contribution in [2.24, 2.45) is 5.92 Å². The quantitative estimate of drug-likeness (QED) is 0.822. The third kappa shape index (κ3) is 3.86. The molecular weight excluding hydrogens is 330 g/mol. The normalized spacial score (nSPS) is 11.6. The first-order valence-corrected chi connectivity index (χ1v) is 6.62. The molecule has 0 saturated carbocycles. The van der Waals surface area contributed by atoms with Crippen LogP contribution in [0.4, 0.5) is 0 Å². The molecule has 20 heavy (non-hydrogen) atoms. The molecule has 0 spiro atoms. The van der Waals surface area contributed by atoms with Gasteiger partial charge >= 0.3 is 5.97 Å². The third-order valence-corrected chi connectivity index (χ3v) is 3.28. The number of carbonyl (C=O) groups excluding carboxylic acids is 1. The minimum absolute atomic E-state index is 0.0557. The number of ether oxygens (including phenoxy) is 2.